The molecule has 71 heavy (non-hydrogen) atoms. The van der Waals surface area contributed by atoms with Crippen LogP contribution in [0.15, 0.2) is 24.5 Å². The number of alkyl halides is 34. The molecule has 0 bridgehead atoms. The van der Waals surface area contributed by atoms with Gasteiger partial charge in [-0.15, -0.1) is 0 Å². The lowest BCUT2D eigenvalue weighted by Crippen LogP contribution is -2.74. The number of halogens is 34. The molecular weight excluding hydrogens is 1120 g/mol. The van der Waals surface area contributed by atoms with Gasteiger partial charge in [0, 0.05) is 12.4 Å². The van der Waals surface area contributed by atoms with Gasteiger partial charge in [-0.3, -0.25) is 9.78 Å². The molecule has 0 aliphatic carbocycles. The summed E-state index contributed by atoms with van der Waals surface area (Å²) in [6.07, 6.45) is -27.7. The van der Waals surface area contributed by atoms with E-state index in [0.717, 1.165) is 12.3 Å². The highest BCUT2D eigenvalue weighted by Crippen LogP contribution is 2.66. The van der Waals surface area contributed by atoms with Crippen LogP contribution in [0, 0.1) is 0 Å². The minimum atomic E-state index is -9.06. The predicted octanol–water partition coefficient (Wildman–Crippen LogP) is 11.9. The van der Waals surface area contributed by atoms with Crippen LogP contribution in [-0.4, -0.2) is 137 Å². The number of nitrogens with zero attached hydrogens (tertiary/aromatic N) is 1. The molecule has 0 amide bonds. The number of rotatable bonds is 23. The van der Waals surface area contributed by atoms with Gasteiger partial charge in [-0.25, -0.2) is 9.59 Å². The number of aromatic nitrogens is 1. The van der Waals surface area contributed by atoms with Crippen molar-refractivity contribution in [3.8, 4) is 0 Å². The molecule has 0 spiro atoms. The number of carbonyl (C=O) groups excluding carboxylic acids is 3. The van der Waals surface area contributed by atoms with E-state index in [1.807, 2.05) is 0 Å². The Balaban J connectivity index is 3.44. The van der Waals surface area contributed by atoms with E-state index in [1.165, 1.54) is 0 Å². The van der Waals surface area contributed by atoms with E-state index >= 15 is 0 Å². The molecule has 0 fully saturated rings. The Bertz CT molecular complexity index is 2050. The summed E-state index contributed by atoms with van der Waals surface area (Å²) in [6.45, 7) is -5.62. The molecule has 1 atom stereocenters. The second-order valence-corrected chi connectivity index (χ2v) is 13.5. The fraction of sp³-hybridized carbons (Fsp3) is 0.733. The van der Waals surface area contributed by atoms with Crippen molar-refractivity contribution in [2.45, 2.75) is 121 Å². The van der Waals surface area contributed by atoms with Gasteiger partial charge in [-0.1, -0.05) is 0 Å². The van der Waals surface area contributed by atoms with E-state index in [-0.39, 0.29) is 0 Å². The summed E-state index contributed by atoms with van der Waals surface area (Å²) in [5, 5.41) is 0. The quantitative estimate of drug-likeness (QED) is 0.0612. The molecule has 414 valence electrons. The first-order valence-corrected chi connectivity index (χ1v) is 16.7. The maximum absolute atomic E-state index is 14.3. The van der Waals surface area contributed by atoms with E-state index in [4.69, 9.17) is 0 Å². The van der Waals surface area contributed by atoms with Gasteiger partial charge in [-0.05, 0) is 12.1 Å². The van der Waals surface area contributed by atoms with Gasteiger partial charge < -0.3 is 14.2 Å². The SMILES string of the molecule is O=C(CC(OC(=O)c1cccnc1)C(=O)OCCC(F)(F)C(F)(F)C(F)(F)C(F)(F)C(F)(F)C(F)(F)C(F)(F)C(F)(F)F)OCCC(F)(F)C(F)(F)C(F)(F)C(F)(F)C(F)(F)C(F)(F)C(F)(F)C(F)(F)F. The second kappa shape index (κ2) is 18.9. The van der Waals surface area contributed by atoms with Crippen LogP contribution in [-0.2, 0) is 23.8 Å². The van der Waals surface area contributed by atoms with Gasteiger partial charge in [0.2, 0.25) is 6.10 Å². The lowest BCUT2D eigenvalue weighted by atomic mass is 9.88. The van der Waals surface area contributed by atoms with Crippen molar-refractivity contribution < 1.29 is 178 Å². The van der Waals surface area contributed by atoms with E-state index in [0.29, 0.717) is 12.3 Å². The number of pyridine rings is 1. The maximum Gasteiger partial charge on any atom is 0.460 e. The summed E-state index contributed by atoms with van der Waals surface area (Å²) in [5.41, 5.74) is -0.937. The van der Waals surface area contributed by atoms with Crippen LogP contribution >= 0.6 is 0 Å². The van der Waals surface area contributed by atoms with Crippen molar-refractivity contribution >= 4 is 17.9 Å². The third-order valence-corrected chi connectivity index (χ3v) is 8.68. The highest BCUT2D eigenvalue weighted by atomic mass is 19.4. The van der Waals surface area contributed by atoms with Crippen LogP contribution in [0.4, 0.5) is 149 Å². The average molecular weight is 1130 g/mol. The highest BCUT2D eigenvalue weighted by Gasteiger charge is 2.97. The molecule has 0 aliphatic rings. The monoisotopic (exact) mass is 1130 g/mol. The molecule has 1 heterocycles. The Morgan fingerprint density at radius 1 is 0.423 bits per heavy atom. The van der Waals surface area contributed by atoms with Crippen LogP contribution in [0.2, 0.25) is 0 Å². The number of carbonyl (C=O) groups is 3. The van der Waals surface area contributed by atoms with Gasteiger partial charge in [0.25, 0.3) is 0 Å². The van der Waals surface area contributed by atoms with Crippen molar-refractivity contribution in [2.24, 2.45) is 0 Å². The minimum Gasteiger partial charge on any atom is -0.465 e. The first-order valence-electron chi connectivity index (χ1n) is 16.7. The fourth-order valence-electron chi connectivity index (χ4n) is 4.44. The van der Waals surface area contributed by atoms with Gasteiger partial charge in [-0.2, -0.15) is 149 Å². The molecule has 7 nitrogen and oxygen atoms in total. The molecule has 0 N–H and O–H groups in total. The summed E-state index contributed by atoms with van der Waals surface area (Å²) >= 11 is 0. The summed E-state index contributed by atoms with van der Waals surface area (Å²) in [7, 11) is 0. The largest absolute Gasteiger partial charge is 0.465 e. The fourth-order valence-corrected chi connectivity index (χ4v) is 4.44. The normalized spacial score (nSPS) is 15.9. The van der Waals surface area contributed by atoms with E-state index < -0.39 is 157 Å². The summed E-state index contributed by atoms with van der Waals surface area (Å²) in [4.78, 5) is 40.1. The lowest BCUT2D eigenvalue weighted by Gasteiger charge is -2.42. The number of ether oxygens (including phenoxy) is 3. The van der Waals surface area contributed by atoms with Crippen LogP contribution in [0.5, 0.6) is 0 Å². The summed E-state index contributed by atoms with van der Waals surface area (Å²) in [5.74, 6) is -127. The zero-order valence-electron chi connectivity index (χ0n) is 32.2. The molecule has 0 aromatic carbocycles. The van der Waals surface area contributed by atoms with Crippen molar-refractivity contribution in [3.63, 3.8) is 0 Å². The number of hydrogen-bond acceptors (Lipinski definition) is 7. The van der Waals surface area contributed by atoms with Gasteiger partial charge in [0.05, 0.1) is 38.0 Å². The molecule has 1 aromatic rings. The molecule has 0 radical (unpaired) electrons. The predicted molar refractivity (Wildman–Crippen MR) is 151 cm³/mol. The first-order chi connectivity index (χ1) is 30.9. The third kappa shape index (κ3) is 10.3. The molecule has 0 aliphatic heterocycles. The molecule has 41 heteroatoms. The number of hydrogen-bond donors (Lipinski definition) is 0. The molecule has 1 unspecified atom stereocenters. The van der Waals surface area contributed by atoms with Crippen molar-refractivity contribution in [1.29, 1.82) is 0 Å². The molecular formula is C30H15F34NO6. The van der Waals surface area contributed by atoms with Crippen LogP contribution in [0.1, 0.15) is 29.6 Å². The second-order valence-electron chi connectivity index (χ2n) is 13.5. The number of esters is 3. The van der Waals surface area contributed by atoms with Gasteiger partial charge >= 0.3 is 113 Å². The maximum atomic E-state index is 14.3. The van der Waals surface area contributed by atoms with E-state index in [9.17, 15) is 164 Å². The van der Waals surface area contributed by atoms with Crippen LogP contribution in [0.3, 0.4) is 0 Å². The average Bonchev–Trinajstić information content (AvgIpc) is 3.18. The van der Waals surface area contributed by atoms with Crippen molar-refractivity contribution in [3.05, 3.63) is 30.1 Å². The third-order valence-electron chi connectivity index (χ3n) is 8.68. The topological polar surface area (TPSA) is 91.8 Å². The van der Waals surface area contributed by atoms with E-state index in [1.54, 1.807) is 0 Å². The molecule has 0 saturated carbocycles. The summed E-state index contributed by atoms with van der Waals surface area (Å²) in [6, 6.07) is 1.40. The highest BCUT2D eigenvalue weighted by molar-refractivity contribution is 5.92. The Labute approximate surface area is 365 Å². The molecule has 1 aromatic heterocycles. The lowest BCUT2D eigenvalue weighted by molar-refractivity contribution is -0.461. The Hall–Kier alpha value is -4.82. The van der Waals surface area contributed by atoms with Gasteiger partial charge in [0.1, 0.15) is 0 Å². The molecule has 0 saturated heterocycles. The van der Waals surface area contributed by atoms with Crippen molar-refractivity contribution in [1.82, 2.24) is 4.98 Å². The van der Waals surface area contributed by atoms with Crippen LogP contribution < -0.4 is 0 Å². The standard InChI is InChI=1S/C30H15F34NO6/c31-15(32,17(35,36)19(39,40)21(43,44)23(47,48)25(51,52)27(55,56)29(59,60)61)3-6-69-12(66)8-11(71-13(67)10-2-1-5-65-9-10)14(68)70-7-4-16(33,34)18(37,38)20(41,42)22(45,46)24(49,50)26(53,54)28(57,58)30(62,63)64/h1-2,5,9,11H,3-4,6-8H2. The smallest absolute Gasteiger partial charge is 0.460 e. The van der Waals surface area contributed by atoms with Crippen LogP contribution in [0.25, 0.3) is 0 Å². The van der Waals surface area contributed by atoms with Gasteiger partial charge in [0.15, 0.2) is 0 Å². The zero-order valence-corrected chi connectivity index (χ0v) is 32.2. The Kier molecular flexibility index (Phi) is 17.1. The molecule has 1 rings (SSSR count). The zero-order chi connectivity index (χ0) is 57.1. The van der Waals surface area contributed by atoms with Crippen molar-refractivity contribution in [2.75, 3.05) is 13.2 Å². The first kappa shape index (κ1) is 64.2. The summed E-state index contributed by atoms with van der Waals surface area (Å²) < 4.78 is 470. The Morgan fingerprint density at radius 3 is 1.01 bits per heavy atom. The Morgan fingerprint density at radius 2 is 0.718 bits per heavy atom. The minimum absolute atomic E-state index is 0.422. The van der Waals surface area contributed by atoms with E-state index in [2.05, 4.69) is 19.2 Å².